The zero-order chi connectivity index (χ0) is 29.1. The third-order valence-corrected chi connectivity index (χ3v) is 8.67. The van der Waals surface area contributed by atoms with Crippen LogP contribution in [0, 0.1) is 11.7 Å². The maximum Gasteiger partial charge on any atom is 0.287 e. The molecule has 1 fully saturated rings. The number of furan rings is 1. The van der Waals surface area contributed by atoms with Crippen LogP contribution in [0.25, 0.3) is 11.3 Å². The quantitative estimate of drug-likeness (QED) is 0.220. The summed E-state index contributed by atoms with van der Waals surface area (Å²) >= 11 is 1.27. The van der Waals surface area contributed by atoms with Crippen molar-refractivity contribution in [2.24, 2.45) is 5.92 Å². The number of halogens is 1. The SMILES string of the molecule is CC(C)[C@@H](NC(=O)c1ccc(-c2ccc(CSc3nc4c(c(=O)[nH]3)CCC4)c(F)c2)o1)C(=O)N[C@@H]1CCCC[C@H]1O. The van der Waals surface area contributed by atoms with Gasteiger partial charge in [-0.2, -0.15) is 0 Å². The number of aliphatic hydroxyl groups excluding tert-OH is 1. The summed E-state index contributed by atoms with van der Waals surface area (Å²) in [5.74, 6) is -0.937. The van der Waals surface area contributed by atoms with Crippen molar-refractivity contribution in [1.29, 1.82) is 0 Å². The van der Waals surface area contributed by atoms with E-state index in [4.69, 9.17) is 4.42 Å². The van der Waals surface area contributed by atoms with Crippen molar-refractivity contribution in [1.82, 2.24) is 20.6 Å². The van der Waals surface area contributed by atoms with Gasteiger partial charge in [0.2, 0.25) is 5.91 Å². The molecule has 2 heterocycles. The number of aliphatic hydroxyl groups is 1. The number of hydrogen-bond acceptors (Lipinski definition) is 7. The first-order valence-corrected chi connectivity index (χ1v) is 15.1. The Balaban J connectivity index is 1.21. The summed E-state index contributed by atoms with van der Waals surface area (Å²) < 4.78 is 20.7. The van der Waals surface area contributed by atoms with Crippen LogP contribution in [0.5, 0.6) is 0 Å². The molecule has 5 rings (SSSR count). The Morgan fingerprint density at radius 3 is 2.73 bits per heavy atom. The maximum absolute atomic E-state index is 15.0. The number of aromatic amines is 1. The molecule has 2 aliphatic rings. The van der Waals surface area contributed by atoms with E-state index in [1.165, 1.54) is 23.9 Å². The molecular formula is C30H35FN4O5S. The molecule has 0 bridgehead atoms. The number of carbonyl (C=O) groups is 2. The van der Waals surface area contributed by atoms with Crippen molar-refractivity contribution >= 4 is 23.6 Å². The minimum Gasteiger partial charge on any atom is -0.451 e. The zero-order valence-electron chi connectivity index (χ0n) is 23.2. The summed E-state index contributed by atoms with van der Waals surface area (Å²) in [4.78, 5) is 45.4. The Kier molecular flexibility index (Phi) is 8.94. The van der Waals surface area contributed by atoms with E-state index in [1.807, 2.05) is 13.8 Å². The molecule has 0 radical (unpaired) electrons. The maximum atomic E-state index is 15.0. The molecule has 9 nitrogen and oxygen atoms in total. The van der Waals surface area contributed by atoms with Gasteiger partial charge in [-0.05, 0) is 61.8 Å². The number of rotatable bonds is 9. The number of H-pyrrole nitrogens is 1. The van der Waals surface area contributed by atoms with Gasteiger partial charge in [-0.15, -0.1) is 0 Å². The normalized spacial score (nSPS) is 19.1. The number of carbonyl (C=O) groups excluding carboxylic acids is 2. The van der Waals surface area contributed by atoms with Crippen LogP contribution in [0.2, 0.25) is 0 Å². The highest BCUT2D eigenvalue weighted by Gasteiger charge is 2.31. The van der Waals surface area contributed by atoms with Crippen molar-refractivity contribution in [3.63, 3.8) is 0 Å². The lowest BCUT2D eigenvalue weighted by Crippen LogP contribution is -2.55. The fourth-order valence-corrected chi connectivity index (χ4v) is 6.23. The standard InChI is InChI=1S/C30H35FN4O5S/c1-16(2)26(29(39)32-22-7-3-4-9-23(22)36)34-28(38)25-13-12-24(40-25)17-10-11-18(20(31)14-17)15-41-30-33-21-8-5-6-19(21)27(37)35-30/h10-14,16,22-23,26,36H,3-9,15H2,1-2H3,(H,32,39)(H,34,38)(H,33,35,37)/t22-,23-,26-/m1/s1. The largest absolute Gasteiger partial charge is 0.451 e. The highest BCUT2D eigenvalue weighted by Crippen LogP contribution is 2.28. The molecule has 0 saturated heterocycles. The molecule has 2 aliphatic carbocycles. The number of nitrogens with zero attached hydrogens (tertiary/aromatic N) is 1. The zero-order valence-corrected chi connectivity index (χ0v) is 24.0. The molecule has 4 N–H and O–H groups in total. The fourth-order valence-electron chi connectivity index (χ4n) is 5.37. The third kappa shape index (κ3) is 6.73. The second-order valence-electron chi connectivity index (χ2n) is 11.1. The molecule has 41 heavy (non-hydrogen) atoms. The van der Waals surface area contributed by atoms with Crippen LogP contribution in [0.4, 0.5) is 4.39 Å². The van der Waals surface area contributed by atoms with Crippen molar-refractivity contribution in [2.45, 2.75) is 87.9 Å². The summed E-state index contributed by atoms with van der Waals surface area (Å²) in [7, 11) is 0. The first-order chi connectivity index (χ1) is 19.7. The van der Waals surface area contributed by atoms with Crippen LogP contribution >= 0.6 is 11.8 Å². The van der Waals surface area contributed by atoms with Gasteiger partial charge in [-0.3, -0.25) is 14.4 Å². The Morgan fingerprint density at radius 1 is 1.17 bits per heavy atom. The number of aryl methyl sites for hydroxylation is 1. The van der Waals surface area contributed by atoms with Gasteiger partial charge in [0.1, 0.15) is 17.6 Å². The minimum atomic E-state index is -0.811. The van der Waals surface area contributed by atoms with Gasteiger partial charge in [0.25, 0.3) is 11.5 Å². The lowest BCUT2D eigenvalue weighted by Gasteiger charge is -2.31. The number of benzene rings is 1. The fraction of sp³-hybridized carbons (Fsp3) is 0.467. The van der Waals surface area contributed by atoms with Gasteiger partial charge in [0.15, 0.2) is 10.9 Å². The van der Waals surface area contributed by atoms with E-state index in [1.54, 1.807) is 18.2 Å². The first-order valence-electron chi connectivity index (χ1n) is 14.1. The molecule has 2 aromatic heterocycles. The van der Waals surface area contributed by atoms with E-state index in [0.717, 1.165) is 43.4 Å². The highest BCUT2D eigenvalue weighted by molar-refractivity contribution is 7.98. The lowest BCUT2D eigenvalue weighted by molar-refractivity contribution is -0.125. The Hall–Kier alpha value is -3.44. The Labute approximate surface area is 241 Å². The van der Waals surface area contributed by atoms with Gasteiger partial charge in [0, 0.05) is 16.9 Å². The summed E-state index contributed by atoms with van der Waals surface area (Å²) in [6.45, 7) is 3.66. The Morgan fingerprint density at radius 2 is 1.98 bits per heavy atom. The monoisotopic (exact) mass is 582 g/mol. The Bertz CT molecular complexity index is 1490. The molecule has 0 unspecified atom stereocenters. The average Bonchev–Trinajstić information content (AvgIpc) is 3.63. The highest BCUT2D eigenvalue weighted by atomic mass is 32.2. The number of amides is 2. The predicted octanol–water partition coefficient (Wildman–Crippen LogP) is 4.12. The first kappa shape index (κ1) is 29.1. The smallest absolute Gasteiger partial charge is 0.287 e. The van der Waals surface area contributed by atoms with Crippen molar-refractivity contribution in [2.75, 3.05) is 0 Å². The molecule has 0 spiro atoms. The van der Waals surface area contributed by atoms with Crippen molar-refractivity contribution < 1.29 is 23.5 Å². The second kappa shape index (κ2) is 12.6. The number of hydrogen-bond donors (Lipinski definition) is 4. The topological polar surface area (TPSA) is 137 Å². The minimum absolute atomic E-state index is 0.00262. The summed E-state index contributed by atoms with van der Waals surface area (Å²) in [5, 5.41) is 16.3. The molecule has 1 saturated carbocycles. The van der Waals surface area contributed by atoms with Crippen LogP contribution in [0.3, 0.4) is 0 Å². The van der Waals surface area contributed by atoms with Crippen LogP contribution in [0.15, 0.2) is 44.7 Å². The number of thioether (sulfide) groups is 1. The van der Waals surface area contributed by atoms with Crippen LogP contribution in [0.1, 0.15) is 73.3 Å². The second-order valence-corrected chi connectivity index (χ2v) is 12.0. The molecule has 2 amide bonds. The van der Waals surface area contributed by atoms with Gasteiger partial charge in [-0.25, -0.2) is 9.37 Å². The molecule has 0 aliphatic heterocycles. The van der Waals surface area contributed by atoms with Gasteiger partial charge < -0.3 is 25.1 Å². The number of fused-ring (bicyclic) bond motifs is 1. The van der Waals surface area contributed by atoms with E-state index in [9.17, 15) is 23.9 Å². The molecule has 1 aromatic carbocycles. The van der Waals surface area contributed by atoms with Crippen LogP contribution in [-0.2, 0) is 23.4 Å². The van der Waals surface area contributed by atoms with E-state index in [2.05, 4.69) is 20.6 Å². The predicted molar refractivity (Wildman–Crippen MR) is 153 cm³/mol. The molecule has 11 heteroatoms. The van der Waals surface area contributed by atoms with Crippen molar-refractivity contribution in [3.05, 3.63) is 69.1 Å². The summed E-state index contributed by atoms with van der Waals surface area (Å²) in [6, 6.07) is 6.63. The summed E-state index contributed by atoms with van der Waals surface area (Å²) in [6.07, 6.45) is 5.07. The van der Waals surface area contributed by atoms with Gasteiger partial charge in [0.05, 0.1) is 17.8 Å². The van der Waals surface area contributed by atoms with Crippen LogP contribution < -0.4 is 16.2 Å². The van der Waals surface area contributed by atoms with E-state index >= 15 is 0 Å². The number of aromatic nitrogens is 2. The number of nitrogens with one attached hydrogen (secondary N) is 3. The van der Waals surface area contributed by atoms with Crippen molar-refractivity contribution in [3.8, 4) is 11.3 Å². The molecule has 3 aromatic rings. The van der Waals surface area contributed by atoms with Gasteiger partial charge >= 0.3 is 0 Å². The lowest BCUT2D eigenvalue weighted by atomic mass is 9.92. The van der Waals surface area contributed by atoms with E-state index < -0.39 is 23.9 Å². The molecule has 3 atom stereocenters. The molecular weight excluding hydrogens is 547 g/mol. The average molecular weight is 583 g/mol. The van der Waals surface area contributed by atoms with Crippen LogP contribution in [-0.4, -0.2) is 45.1 Å². The van der Waals surface area contributed by atoms with E-state index in [0.29, 0.717) is 34.9 Å². The molecule has 218 valence electrons. The summed E-state index contributed by atoms with van der Waals surface area (Å²) in [5.41, 5.74) is 2.36. The third-order valence-electron chi connectivity index (χ3n) is 7.74. The van der Waals surface area contributed by atoms with E-state index in [-0.39, 0.29) is 34.9 Å². The van der Waals surface area contributed by atoms with Gasteiger partial charge in [-0.1, -0.05) is 50.6 Å².